The minimum Gasteiger partial charge on any atom is -0.493 e. The van der Waals surface area contributed by atoms with Crippen LogP contribution in [-0.4, -0.2) is 30.5 Å². The number of rotatable bonds is 7. The summed E-state index contributed by atoms with van der Waals surface area (Å²) in [5.41, 5.74) is 0.519. The zero-order chi connectivity index (χ0) is 17.1. The maximum atomic E-state index is 11.2. The quantitative estimate of drug-likeness (QED) is 0.741. The third kappa shape index (κ3) is 3.99. The highest BCUT2D eigenvalue weighted by Gasteiger charge is 2.31. The molecule has 0 unspecified atom stereocenters. The number of carbonyl (C=O) groups excluding carboxylic acids is 1. The van der Waals surface area contributed by atoms with E-state index in [9.17, 15) is 4.79 Å². The molecule has 128 valence electrons. The summed E-state index contributed by atoms with van der Waals surface area (Å²) in [5, 5.41) is 6.50. The van der Waals surface area contributed by atoms with Gasteiger partial charge in [0.25, 0.3) is 0 Å². The van der Waals surface area contributed by atoms with Gasteiger partial charge in [0.2, 0.25) is 0 Å². The number of methoxy groups -OCH3 is 1. The molecule has 0 radical (unpaired) electrons. The molecule has 1 aliphatic carbocycles. The lowest BCUT2D eigenvalue weighted by molar-refractivity contribution is 0.0683. The number of anilines is 1. The Kier molecular flexibility index (Phi) is 5.26. The summed E-state index contributed by atoms with van der Waals surface area (Å²) in [7, 11) is 1.62. The fraction of sp³-hybridized carbons (Fsp3) is 0.412. The number of thiazole rings is 1. The van der Waals surface area contributed by atoms with E-state index in [2.05, 4.69) is 10.3 Å². The van der Waals surface area contributed by atoms with Crippen LogP contribution in [0.15, 0.2) is 23.6 Å². The van der Waals surface area contributed by atoms with E-state index in [-0.39, 0.29) is 11.9 Å². The molecule has 7 heteroatoms. The number of halogens is 1. The van der Waals surface area contributed by atoms with Crippen LogP contribution in [0.1, 0.15) is 30.3 Å². The van der Waals surface area contributed by atoms with Crippen molar-refractivity contribution in [1.82, 2.24) is 4.98 Å². The molecule has 0 amide bonds. The highest BCUT2D eigenvalue weighted by molar-refractivity contribution is 7.13. The molecule has 1 N–H and O–H groups in total. The lowest BCUT2D eigenvalue weighted by Crippen LogP contribution is -2.37. The van der Waals surface area contributed by atoms with Crippen molar-refractivity contribution >= 4 is 33.9 Å². The Hall–Kier alpha value is -1.79. The van der Waals surface area contributed by atoms with Crippen LogP contribution in [0.2, 0.25) is 5.02 Å². The third-order valence-corrected chi connectivity index (χ3v) is 5.05. The van der Waals surface area contributed by atoms with Crippen molar-refractivity contribution in [3.8, 4) is 11.5 Å². The minimum absolute atomic E-state index is 0.00752. The van der Waals surface area contributed by atoms with Crippen molar-refractivity contribution < 1.29 is 14.3 Å². The van der Waals surface area contributed by atoms with E-state index in [0.717, 1.165) is 24.5 Å². The van der Waals surface area contributed by atoms with Gasteiger partial charge in [-0.1, -0.05) is 11.6 Å². The van der Waals surface area contributed by atoms with E-state index in [1.165, 1.54) is 18.3 Å². The standard InChI is InChI=1S/C17H19ClN2O3S/c1-10(21)14-9-24-17(20-14)19-8-11-5-13(6-11)23-16-7-12(18)3-4-15(16)22-2/h3-4,7,9,11,13H,5-6,8H2,1-2H3,(H,19,20). The molecule has 0 saturated heterocycles. The summed E-state index contributed by atoms with van der Waals surface area (Å²) in [6.45, 7) is 2.36. The van der Waals surface area contributed by atoms with Crippen LogP contribution in [0, 0.1) is 5.92 Å². The Labute approximate surface area is 150 Å². The molecule has 2 aromatic rings. The second-order valence-corrected chi connectivity index (χ2v) is 7.14. The number of nitrogens with zero attached hydrogens (tertiary/aromatic N) is 1. The highest BCUT2D eigenvalue weighted by Crippen LogP contribution is 2.36. The van der Waals surface area contributed by atoms with Gasteiger partial charge in [-0.05, 0) is 30.9 Å². The van der Waals surface area contributed by atoms with E-state index in [1.54, 1.807) is 24.6 Å². The van der Waals surface area contributed by atoms with Crippen molar-refractivity contribution in [2.75, 3.05) is 19.0 Å². The number of Topliss-reactive ketones (excluding diaryl/α,β-unsaturated/α-hetero) is 1. The van der Waals surface area contributed by atoms with E-state index in [4.69, 9.17) is 21.1 Å². The number of hydrogen-bond donors (Lipinski definition) is 1. The van der Waals surface area contributed by atoms with Crippen molar-refractivity contribution in [1.29, 1.82) is 0 Å². The molecule has 0 spiro atoms. The number of nitrogens with one attached hydrogen (secondary N) is 1. The maximum absolute atomic E-state index is 11.2. The van der Waals surface area contributed by atoms with Crippen molar-refractivity contribution in [3.05, 3.63) is 34.3 Å². The topological polar surface area (TPSA) is 60.5 Å². The molecule has 1 aromatic carbocycles. The molecule has 3 rings (SSSR count). The fourth-order valence-corrected chi connectivity index (χ4v) is 3.53. The molecule has 24 heavy (non-hydrogen) atoms. The summed E-state index contributed by atoms with van der Waals surface area (Å²) in [4.78, 5) is 15.5. The van der Waals surface area contributed by atoms with Crippen LogP contribution in [-0.2, 0) is 0 Å². The summed E-state index contributed by atoms with van der Waals surface area (Å²) in [6, 6.07) is 5.37. The number of hydrogen-bond acceptors (Lipinski definition) is 6. The highest BCUT2D eigenvalue weighted by atomic mass is 35.5. The van der Waals surface area contributed by atoms with E-state index < -0.39 is 0 Å². The maximum Gasteiger partial charge on any atom is 0.183 e. The first kappa shape index (κ1) is 17.0. The van der Waals surface area contributed by atoms with Crippen molar-refractivity contribution in [3.63, 3.8) is 0 Å². The summed E-state index contributed by atoms with van der Waals surface area (Å²) in [5.74, 6) is 1.91. The second kappa shape index (κ2) is 7.40. The summed E-state index contributed by atoms with van der Waals surface area (Å²) >= 11 is 7.47. The fourth-order valence-electron chi connectivity index (χ4n) is 2.61. The van der Waals surface area contributed by atoms with Gasteiger partial charge in [0.1, 0.15) is 5.69 Å². The molecule has 1 aliphatic rings. The zero-order valence-electron chi connectivity index (χ0n) is 13.5. The van der Waals surface area contributed by atoms with Crippen molar-refractivity contribution in [2.45, 2.75) is 25.9 Å². The van der Waals surface area contributed by atoms with Gasteiger partial charge in [-0.2, -0.15) is 0 Å². The molecular formula is C17H19ClN2O3S. The Morgan fingerprint density at radius 3 is 2.88 bits per heavy atom. The molecule has 1 aromatic heterocycles. The van der Waals surface area contributed by atoms with E-state index >= 15 is 0 Å². The molecule has 1 heterocycles. The molecule has 1 fully saturated rings. The molecule has 0 aliphatic heterocycles. The number of benzene rings is 1. The average Bonchev–Trinajstić information content (AvgIpc) is 2.98. The molecule has 0 bridgehead atoms. The molecular weight excluding hydrogens is 348 g/mol. The largest absolute Gasteiger partial charge is 0.493 e. The average molecular weight is 367 g/mol. The van der Waals surface area contributed by atoms with Gasteiger partial charge in [0.15, 0.2) is 22.4 Å². The number of aromatic nitrogens is 1. The first-order valence-electron chi connectivity index (χ1n) is 7.75. The van der Waals surface area contributed by atoms with Crippen LogP contribution >= 0.6 is 22.9 Å². The van der Waals surface area contributed by atoms with Crippen LogP contribution in [0.4, 0.5) is 5.13 Å². The van der Waals surface area contributed by atoms with Gasteiger partial charge in [-0.25, -0.2) is 4.98 Å². The Morgan fingerprint density at radius 1 is 1.42 bits per heavy atom. The first-order chi connectivity index (χ1) is 11.5. The SMILES string of the molecule is COc1ccc(Cl)cc1OC1CC(CNc2nc(C(C)=O)cs2)C1. The van der Waals surface area contributed by atoms with Crippen molar-refractivity contribution in [2.24, 2.45) is 5.92 Å². The zero-order valence-corrected chi connectivity index (χ0v) is 15.1. The Balaban J connectivity index is 1.46. The van der Waals surface area contributed by atoms with Gasteiger partial charge in [0, 0.05) is 29.9 Å². The molecule has 1 saturated carbocycles. The van der Waals surface area contributed by atoms with Gasteiger partial charge < -0.3 is 14.8 Å². The van der Waals surface area contributed by atoms with Gasteiger partial charge >= 0.3 is 0 Å². The predicted octanol–water partition coefficient (Wildman–Crippen LogP) is 4.28. The predicted molar refractivity (Wildman–Crippen MR) is 95.8 cm³/mol. The Morgan fingerprint density at radius 2 is 2.21 bits per heavy atom. The van der Waals surface area contributed by atoms with E-state index in [0.29, 0.717) is 28.1 Å². The van der Waals surface area contributed by atoms with Crippen LogP contribution in [0.5, 0.6) is 11.5 Å². The van der Waals surface area contributed by atoms with Gasteiger partial charge in [-0.3, -0.25) is 4.79 Å². The monoisotopic (exact) mass is 366 g/mol. The van der Waals surface area contributed by atoms with Crippen LogP contribution in [0.3, 0.4) is 0 Å². The Bertz CT molecular complexity index is 728. The molecule has 0 atom stereocenters. The second-order valence-electron chi connectivity index (χ2n) is 5.85. The van der Waals surface area contributed by atoms with Crippen LogP contribution in [0.25, 0.3) is 0 Å². The number of carbonyl (C=O) groups is 1. The smallest absolute Gasteiger partial charge is 0.183 e. The number of ether oxygens (including phenoxy) is 2. The minimum atomic E-state index is -0.00752. The third-order valence-electron chi connectivity index (χ3n) is 4.02. The summed E-state index contributed by atoms with van der Waals surface area (Å²) < 4.78 is 11.3. The first-order valence-corrected chi connectivity index (χ1v) is 9.01. The van der Waals surface area contributed by atoms with E-state index in [1.807, 2.05) is 6.07 Å². The lowest BCUT2D eigenvalue weighted by atomic mass is 9.82. The number of ketones is 1. The normalized spacial score (nSPS) is 19.5. The van der Waals surface area contributed by atoms with Crippen LogP contribution < -0.4 is 14.8 Å². The molecule has 5 nitrogen and oxygen atoms in total. The lowest BCUT2D eigenvalue weighted by Gasteiger charge is -2.35. The van der Waals surface area contributed by atoms with Gasteiger partial charge in [-0.15, -0.1) is 11.3 Å². The summed E-state index contributed by atoms with van der Waals surface area (Å²) in [6.07, 6.45) is 2.11. The van der Waals surface area contributed by atoms with Gasteiger partial charge in [0.05, 0.1) is 13.2 Å².